The van der Waals surface area contributed by atoms with Gasteiger partial charge in [-0.1, -0.05) is 37.3 Å². The van der Waals surface area contributed by atoms with Crippen LogP contribution in [0.4, 0.5) is 0 Å². The van der Waals surface area contributed by atoms with Crippen molar-refractivity contribution < 1.29 is 4.79 Å². The summed E-state index contributed by atoms with van der Waals surface area (Å²) in [6, 6.07) is 10.7. The standard InChI is InChI=1S/C20H32N4O.HI/c1-3-12-22-19(25)10-13-23-20(21-4-2)24-14-11-18(16-24)15-17-8-6-5-7-9-17;/h5-9,18H,3-4,10-16H2,1-2H3,(H,21,23)(H,22,25);1H. The Morgan fingerprint density at radius 2 is 2.00 bits per heavy atom. The van der Waals surface area contributed by atoms with Crippen molar-refractivity contribution in [1.82, 2.24) is 15.5 Å². The van der Waals surface area contributed by atoms with E-state index in [1.54, 1.807) is 0 Å². The molecule has 146 valence electrons. The summed E-state index contributed by atoms with van der Waals surface area (Å²) >= 11 is 0. The molecule has 6 heteroatoms. The first-order valence-corrected chi connectivity index (χ1v) is 9.56. The van der Waals surface area contributed by atoms with Gasteiger partial charge in [0.15, 0.2) is 5.96 Å². The molecule has 1 aliphatic heterocycles. The highest BCUT2D eigenvalue weighted by molar-refractivity contribution is 14.0. The maximum absolute atomic E-state index is 11.7. The van der Waals surface area contributed by atoms with Gasteiger partial charge in [-0.2, -0.15) is 0 Å². The van der Waals surface area contributed by atoms with Crippen molar-refractivity contribution in [3.63, 3.8) is 0 Å². The average Bonchev–Trinajstić information content (AvgIpc) is 3.08. The van der Waals surface area contributed by atoms with Gasteiger partial charge in [-0.3, -0.25) is 9.79 Å². The summed E-state index contributed by atoms with van der Waals surface area (Å²) in [6.07, 6.45) is 3.73. The summed E-state index contributed by atoms with van der Waals surface area (Å²) in [5.41, 5.74) is 1.41. The number of aliphatic imine (C=N–C) groups is 1. The Labute approximate surface area is 175 Å². The van der Waals surface area contributed by atoms with Crippen molar-refractivity contribution in [3.05, 3.63) is 35.9 Å². The van der Waals surface area contributed by atoms with Crippen LogP contribution in [0.5, 0.6) is 0 Å². The number of nitrogens with one attached hydrogen (secondary N) is 2. The van der Waals surface area contributed by atoms with E-state index in [2.05, 4.69) is 64.7 Å². The molecule has 1 amide bonds. The van der Waals surface area contributed by atoms with E-state index in [9.17, 15) is 4.79 Å². The number of benzene rings is 1. The molecule has 5 nitrogen and oxygen atoms in total. The van der Waals surface area contributed by atoms with E-state index in [0.29, 0.717) is 18.9 Å². The number of halogens is 1. The minimum Gasteiger partial charge on any atom is -0.357 e. The first kappa shape index (κ1) is 22.7. The zero-order chi connectivity index (χ0) is 17.9. The Bertz CT molecular complexity index is 550. The highest BCUT2D eigenvalue weighted by Gasteiger charge is 2.24. The van der Waals surface area contributed by atoms with Gasteiger partial charge in [0.1, 0.15) is 0 Å². The number of nitrogens with zero attached hydrogens (tertiary/aromatic N) is 2. The molecular formula is C20H33IN4O. The first-order valence-electron chi connectivity index (χ1n) is 9.56. The topological polar surface area (TPSA) is 56.7 Å². The van der Waals surface area contributed by atoms with Crippen LogP contribution in [0.2, 0.25) is 0 Å². The molecule has 1 heterocycles. The number of rotatable bonds is 8. The van der Waals surface area contributed by atoms with Crippen molar-refractivity contribution in [3.8, 4) is 0 Å². The maximum atomic E-state index is 11.7. The van der Waals surface area contributed by atoms with E-state index in [1.165, 1.54) is 12.0 Å². The fourth-order valence-electron chi connectivity index (χ4n) is 3.18. The van der Waals surface area contributed by atoms with E-state index >= 15 is 0 Å². The number of guanidine groups is 1. The van der Waals surface area contributed by atoms with Crippen molar-refractivity contribution >= 4 is 35.8 Å². The van der Waals surface area contributed by atoms with Gasteiger partial charge in [0.05, 0.1) is 6.54 Å². The van der Waals surface area contributed by atoms with Gasteiger partial charge < -0.3 is 15.5 Å². The van der Waals surface area contributed by atoms with Crippen LogP contribution >= 0.6 is 24.0 Å². The van der Waals surface area contributed by atoms with Gasteiger partial charge in [0, 0.05) is 32.6 Å². The minimum absolute atomic E-state index is 0. The lowest BCUT2D eigenvalue weighted by Crippen LogP contribution is -2.40. The van der Waals surface area contributed by atoms with Crippen LogP contribution in [0.3, 0.4) is 0 Å². The van der Waals surface area contributed by atoms with E-state index in [0.717, 1.165) is 45.0 Å². The Kier molecular flexibility index (Phi) is 11.3. The highest BCUT2D eigenvalue weighted by atomic mass is 127. The summed E-state index contributed by atoms with van der Waals surface area (Å²) in [7, 11) is 0. The third-order valence-electron chi connectivity index (χ3n) is 4.46. The average molecular weight is 472 g/mol. The molecule has 1 aromatic carbocycles. The molecule has 2 N–H and O–H groups in total. The van der Waals surface area contributed by atoms with Crippen molar-refractivity contribution in [2.45, 2.75) is 39.5 Å². The van der Waals surface area contributed by atoms with Gasteiger partial charge in [-0.25, -0.2) is 0 Å². The summed E-state index contributed by atoms with van der Waals surface area (Å²) in [4.78, 5) is 18.7. The van der Waals surface area contributed by atoms with Crippen molar-refractivity contribution in [1.29, 1.82) is 0 Å². The second-order valence-electron chi connectivity index (χ2n) is 6.63. The lowest BCUT2D eigenvalue weighted by atomic mass is 9.99. The predicted octanol–water partition coefficient (Wildman–Crippen LogP) is 3.05. The predicted molar refractivity (Wildman–Crippen MR) is 119 cm³/mol. The third kappa shape index (κ3) is 7.93. The molecule has 0 aromatic heterocycles. The number of carbonyl (C=O) groups excluding carboxylic acids is 1. The number of amides is 1. The number of hydrogen-bond acceptors (Lipinski definition) is 2. The van der Waals surface area contributed by atoms with E-state index in [-0.39, 0.29) is 29.9 Å². The van der Waals surface area contributed by atoms with Crippen LogP contribution in [0.15, 0.2) is 35.3 Å². The second kappa shape index (κ2) is 12.9. The Hall–Kier alpha value is -1.31. The molecule has 2 rings (SSSR count). The van der Waals surface area contributed by atoms with Gasteiger partial charge in [-0.05, 0) is 37.7 Å². The minimum atomic E-state index is 0. The van der Waals surface area contributed by atoms with Crippen LogP contribution in [0, 0.1) is 5.92 Å². The molecular weight excluding hydrogens is 439 g/mol. The molecule has 1 aromatic rings. The molecule has 0 radical (unpaired) electrons. The zero-order valence-electron chi connectivity index (χ0n) is 16.0. The fraction of sp³-hybridized carbons (Fsp3) is 0.600. The van der Waals surface area contributed by atoms with Gasteiger partial charge in [0.25, 0.3) is 0 Å². The summed E-state index contributed by atoms with van der Waals surface area (Å²) in [6.45, 7) is 8.34. The summed E-state index contributed by atoms with van der Waals surface area (Å²) < 4.78 is 0. The monoisotopic (exact) mass is 472 g/mol. The third-order valence-corrected chi connectivity index (χ3v) is 4.46. The summed E-state index contributed by atoms with van der Waals surface area (Å²) in [5, 5.41) is 6.27. The van der Waals surface area contributed by atoms with Crippen LogP contribution in [0.1, 0.15) is 38.7 Å². The maximum Gasteiger partial charge on any atom is 0.221 e. The number of likely N-dealkylation sites (tertiary alicyclic amines) is 1. The van der Waals surface area contributed by atoms with Crippen LogP contribution < -0.4 is 10.6 Å². The highest BCUT2D eigenvalue weighted by Crippen LogP contribution is 2.20. The second-order valence-corrected chi connectivity index (χ2v) is 6.63. The number of hydrogen-bond donors (Lipinski definition) is 2. The van der Waals surface area contributed by atoms with E-state index in [4.69, 9.17) is 0 Å². The zero-order valence-corrected chi connectivity index (χ0v) is 18.4. The molecule has 1 atom stereocenters. The molecule has 26 heavy (non-hydrogen) atoms. The molecule has 1 saturated heterocycles. The van der Waals surface area contributed by atoms with E-state index < -0.39 is 0 Å². The van der Waals surface area contributed by atoms with Crippen LogP contribution in [0.25, 0.3) is 0 Å². The molecule has 1 fully saturated rings. The lowest BCUT2D eigenvalue weighted by Gasteiger charge is -2.21. The van der Waals surface area contributed by atoms with Crippen LogP contribution in [-0.4, -0.2) is 49.5 Å². The van der Waals surface area contributed by atoms with Gasteiger partial charge in [0.2, 0.25) is 5.91 Å². The largest absolute Gasteiger partial charge is 0.357 e. The molecule has 1 aliphatic rings. The fourth-order valence-corrected chi connectivity index (χ4v) is 3.18. The Morgan fingerprint density at radius 1 is 1.23 bits per heavy atom. The van der Waals surface area contributed by atoms with E-state index in [1.807, 2.05) is 0 Å². The summed E-state index contributed by atoms with van der Waals surface area (Å²) in [5.74, 6) is 1.70. The quantitative estimate of drug-likeness (QED) is 0.348. The Balaban J connectivity index is 0.00000338. The number of carbonyl (C=O) groups is 1. The SMILES string of the molecule is CCCNC(=O)CCN=C(NCC)N1CCC(Cc2ccccc2)C1.I. The Morgan fingerprint density at radius 3 is 2.69 bits per heavy atom. The van der Waals surface area contributed by atoms with Gasteiger partial charge in [-0.15, -0.1) is 24.0 Å². The molecule has 0 bridgehead atoms. The van der Waals surface area contributed by atoms with Crippen LogP contribution in [-0.2, 0) is 11.2 Å². The van der Waals surface area contributed by atoms with Crippen molar-refractivity contribution in [2.75, 3.05) is 32.7 Å². The first-order chi connectivity index (χ1) is 12.2. The van der Waals surface area contributed by atoms with Gasteiger partial charge >= 0.3 is 0 Å². The lowest BCUT2D eigenvalue weighted by molar-refractivity contribution is -0.120. The molecule has 0 aliphatic carbocycles. The molecule has 0 spiro atoms. The molecule has 0 saturated carbocycles. The normalized spacial score (nSPS) is 16.9. The smallest absolute Gasteiger partial charge is 0.221 e. The van der Waals surface area contributed by atoms with Crippen molar-refractivity contribution in [2.24, 2.45) is 10.9 Å². The molecule has 1 unspecified atom stereocenters.